The molecule has 6 heteroatoms. The molecule has 0 fully saturated rings. The van der Waals surface area contributed by atoms with Crippen molar-refractivity contribution in [3.63, 3.8) is 0 Å². The summed E-state index contributed by atoms with van der Waals surface area (Å²) in [5, 5.41) is 19.3. The van der Waals surface area contributed by atoms with Gasteiger partial charge in [-0.25, -0.2) is 0 Å². The van der Waals surface area contributed by atoms with Crippen LogP contribution in [0, 0.1) is 11.8 Å². The fourth-order valence-electron chi connectivity index (χ4n) is 0.767. The third-order valence-corrected chi connectivity index (χ3v) is 1.95. The molecule has 0 bridgehead atoms. The molecular weight excluding hydrogens is 212 g/mol. The van der Waals surface area contributed by atoms with E-state index in [2.05, 4.69) is 5.32 Å². The molecule has 0 saturated heterocycles. The van der Waals surface area contributed by atoms with Gasteiger partial charge in [-0.05, 0) is 20.0 Å². The van der Waals surface area contributed by atoms with E-state index in [-0.39, 0.29) is 11.8 Å². The van der Waals surface area contributed by atoms with Crippen LogP contribution >= 0.6 is 0 Å². The Morgan fingerprint density at radius 3 is 1.75 bits per heavy atom. The van der Waals surface area contributed by atoms with Gasteiger partial charge in [0.15, 0.2) is 0 Å². The molecule has 0 aliphatic heterocycles. The van der Waals surface area contributed by atoms with E-state index in [9.17, 15) is 9.59 Å². The number of hydrogen-bond donors (Lipinski definition) is 4. The molecule has 0 heterocycles. The maximum atomic E-state index is 10.0. The van der Waals surface area contributed by atoms with E-state index >= 15 is 0 Å². The summed E-state index contributed by atoms with van der Waals surface area (Å²) in [6.45, 7) is 4.30. The van der Waals surface area contributed by atoms with Crippen LogP contribution in [0.1, 0.15) is 20.3 Å². The summed E-state index contributed by atoms with van der Waals surface area (Å²) >= 11 is 0. The fraction of sp³-hybridized carbons (Fsp3) is 0.800. The molecule has 0 amide bonds. The number of carboxylic acids is 2. The van der Waals surface area contributed by atoms with Crippen molar-refractivity contribution in [3.05, 3.63) is 0 Å². The predicted octanol–water partition coefficient (Wildman–Crippen LogP) is -0.0176. The number of nitrogens with two attached hydrogens (primary N) is 1. The third kappa shape index (κ3) is 10.9. The summed E-state index contributed by atoms with van der Waals surface area (Å²) in [6.07, 6.45) is 0.565. The molecule has 96 valence electrons. The van der Waals surface area contributed by atoms with Crippen LogP contribution < -0.4 is 11.1 Å². The smallest absolute Gasteiger partial charge is 0.307 e. The summed E-state index contributed by atoms with van der Waals surface area (Å²) in [6, 6.07) is 0. The average molecular weight is 234 g/mol. The molecule has 0 aromatic rings. The van der Waals surface area contributed by atoms with Crippen LogP contribution in [0.4, 0.5) is 0 Å². The Morgan fingerprint density at radius 2 is 1.62 bits per heavy atom. The van der Waals surface area contributed by atoms with Gasteiger partial charge in [-0.3, -0.25) is 9.59 Å². The predicted molar refractivity (Wildman–Crippen MR) is 61.2 cm³/mol. The van der Waals surface area contributed by atoms with Crippen molar-refractivity contribution in [3.8, 4) is 0 Å². The molecule has 0 rings (SSSR count). The lowest BCUT2D eigenvalue weighted by Crippen LogP contribution is -2.22. The van der Waals surface area contributed by atoms with Gasteiger partial charge >= 0.3 is 11.9 Å². The van der Waals surface area contributed by atoms with Crippen molar-refractivity contribution < 1.29 is 19.8 Å². The zero-order chi connectivity index (χ0) is 13.1. The van der Waals surface area contributed by atoms with E-state index in [0.29, 0.717) is 19.5 Å². The van der Waals surface area contributed by atoms with E-state index in [0.717, 1.165) is 0 Å². The summed E-state index contributed by atoms with van der Waals surface area (Å²) in [5.41, 5.74) is 5.10. The Hall–Kier alpha value is -1.14. The lowest BCUT2D eigenvalue weighted by atomic mass is 10.1. The maximum absolute atomic E-state index is 10.0. The third-order valence-electron chi connectivity index (χ3n) is 1.95. The molecule has 16 heavy (non-hydrogen) atoms. The first-order valence-corrected chi connectivity index (χ1v) is 5.17. The topological polar surface area (TPSA) is 113 Å². The van der Waals surface area contributed by atoms with E-state index in [1.807, 2.05) is 0 Å². The monoisotopic (exact) mass is 234 g/mol. The van der Waals surface area contributed by atoms with E-state index in [4.69, 9.17) is 15.9 Å². The fourth-order valence-corrected chi connectivity index (χ4v) is 0.767. The Labute approximate surface area is 95.8 Å². The van der Waals surface area contributed by atoms with Gasteiger partial charge in [0.25, 0.3) is 0 Å². The average Bonchev–Trinajstić information content (AvgIpc) is 2.19. The summed E-state index contributed by atoms with van der Waals surface area (Å²) in [4.78, 5) is 20.1. The highest BCUT2D eigenvalue weighted by molar-refractivity contribution is 5.69. The highest BCUT2D eigenvalue weighted by Crippen LogP contribution is 1.97. The van der Waals surface area contributed by atoms with E-state index in [1.54, 1.807) is 20.9 Å². The molecule has 0 aliphatic carbocycles. The van der Waals surface area contributed by atoms with Crippen LogP contribution in [0.15, 0.2) is 0 Å². The van der Waals surface area contributed by atoms with E-state index < -0.39 is 11.9 Å². The molecule has 0 spiro atoms. The second kappa shape index (κ2) is 10.4. The quantitative estimate of drug-likeness (QED) is 0.514. The van der Waals surface area contributed by atoms with Crippen molar-refractivity contribution in [2.75, 3.05) is 20.1 Å². The SMILES string of the molecule is CC(CCN)C(=O)O.CNCC(C)C(=O)O. The molecule has 0 aromatic carbocycles. The van der Waals surface area contributed by atoms with Gasteiger partial charge in [-0.2, -0.15) is 0 Å². The normalized spacial score (nSPS) is 13.2. The van der Waals surface area contributed by atoms with Gasteiger partial charge in [0.05, 0.1) is 11.8 Å². The minimum atomic E-state index is -0.768. The highest BCUT2D eigenvalue weighted by Gasteiger charge is 2.07. The lowest BCUT2D eigenvalue weighted by molar-refractivity contribution is -0.142. The first-order chi connectivity index (χ1) is 7.36. The van der Waals surface area contributed by atoms with Gasteiger partial charge in [-0.1, -0.05) is 13.8 Å². The second-order valence-electron chi connectivity index (χ2n) is 3.61. The number of hydrogen-bond acceptors (Lipinski definition) is 4. The van der Waals surface area contributed by atoms with Gasteiger partial charge in [0.2, 0.25) is 0 Å². The molecule has 0 aromatic heterocycles. The van der Waals surface area contributed by atoms with Crippen molar-refractivity contribution in [1.29, 1.82) is 0 Å². The van der Waals surface area contributed by atoms with Crippen LogP contribution in [0.5, 0.6) is 0 Å². The minimum absolute atomic E-state index is 0.278. The largest absolute Gasteiger partial charge is 0.481 e. The molecule has 2 unspecified atom stereocenters. The Morgan fingerprint density at radius 1 is 1.19 bits per heavy atom. The zero-order valence-corrected chi connectivity index (χ0v) is 10.1. The number of carboxylic acid groups (broad SMARTS) is 2. The highest BCUT2D eigenvalue weighted by atomic mass is 16.4. The molecule has 6 nitrogen and oxygen atoms in total. The summed E-state index contributed by atoms with van der Waals surface area (Å²) in [7, 11) is 1.74. The minimum Gasteiger partial charge on any atom is -0.481 e. The summed E-state index contributed by atoms with van der Waals surface area (Å²) in [5.74, 6) is -2.09. The first-order valence-electron chi connectivity index (χ1n) is 5.17. The maximum Gasteiger partial charge on any atom is 0.307 e. The number of aliphatic carboxylic acids is 2. The van der Waals surface area contributed by atoms with Crippen molar-refractivity contribution in [1.82, 2.24) is 5.32 Å². The Kier molecular flexibility index (Phi) is 11.2. The zero-order valence-electron chi connectivity index (χ0n) is 10.1. The Bertz CT molecular complexity index is 187. The van der Waals surface area contributed by atoms with Crippen LogP contribution in [0.2, 0.25) is 0 Å². The van der Waals surface area contributed by atoms with Crippen molar-refractivity contribution in [2.45, 2.75) is 20.3 Å². The van der Waals surface area contributed by atoms with Gasteiger partial charge in [0.1, 0.15) is 0 Å². The molecule has 0 radical (unpaired) electrons. The number of rotatable bonds is 6. The molecule has 5 N–H and O–H groups in total. The second-order valence-corrected chi connectivity index (χ2v) is 3.61. The van der Waals surface area contributed by atoms with E-state index in [1.165, 1.54) is 0 Å². The van der Waals surface area contributed by atoms with Gasteiger partial charge < -0.3 is 21.3 Å². The number of nitrogens with one attached hydrogen (secondary N) is 1. The first kappa shape index (κ1) is 17.3. The van der Waals surface area contributed by atoms with Gasteiger partial charge in [-0.15, -0.1) is 0 Å². The molecule has 2 atom stereocenters. The van der Waals surface area contributed by atoms with Crippen molar-refractivity contribution >= 4 is 11.9 Å². The standard InChI is InChI=1S/2C5H11NO2/c1-4(3-6-2)5(7)8;1-4(2-3-6)5(7)8/h4,6H,3H2,1-2H3,(H,7,8);4H,2-3,6H2,1H3,(H,7,8). The number of carbonyl (C=O) groups is 2. The molecule has 0 aliphatic rings. The van der Waals surface area contributed by atoms with Crippen LogP contribution in [0.3, 0.4) is 0 Å². The van der Waals surface area contributed by atoms with Crippen LogP contribution in [0.25, 0.3) is 0 Å². The van der Waals surface area contributed by atoms with Crippen molar-refractivity contribution in [2.24, 2.45) is 17.6 Å². The molecule has 0 saturated carbocycles. The summed E-state index contributed by atoms with van der Waals surface area (Å²) < 4.78 is 0. The van der Waals surface area contributed by atoms with Crippen LogP contribution in [-0.2, 0) is 9.59 Å². The Balaban J connectivity index is 0. The van der Waals surface area contributed by atoms with Crippen LogP contribution in [-0.4, -0.2) is 42.3 Å². The van der Waals surface area contributed by atoms with Gasteiger partial charge in [0, 0.05) is 6.54 Å². The molecular formula is C10H22N2O4. The lowest BCUT2D eigenvalue weighted by Gasteiger charge is -2.01.